The van der Waals surface area contributed by atoms with Crippen LogP contribution in [0.3, 0.4) is 0 Å². The lowest BCUT2D eigenvalue weighted by Crippen LogP contribution is -2.45. The van der Waals surface area contributed by atoms with Crippen molar-refractivity contribution >= 4 is 0 Å². The predicted octanol–water partition coefficient (Wildman–Crippen LogP) is 2.24. The maximum Gasteiger partial charge on any atom is 0.257 e. The Morgan fingerprint density at radius 2 is 1.85 bits per heavy atom. The Kier molecular flexibility index (Phi) is 5.00. The first-order valence-electron chi connectivity index (χ1n) is 8.97. The maximum absolute atomic E-state index is 8.78. The molecule has 26 heavy (non-hydrogen) atoms. The second-order valence-electron chi connectivity index (χ2n) is 6.68. The molecule has 4 rings (SSSR count). The van der Waals surface area contributed by atoms with Gasteiger partial charge in [-0.05, 0) is 23.3 Å². The number of rotatable bonds is 4. The SMILES string of the molecule is N#CCN1CCN(Cc2ccc(C3COc4cccnc4O3)cc2)CC1. The van der Waals surface area contributed by atoms with E-state index in [0.717, 1.165) is 38.3 Å². The number of hydrogen-bond donors (Lipinski definition) is 0. The summed E-state index contributed by atoms with van der Waals surface area (Å²) in [6, 6.07) is 14.5. The second-order valence-corrected chi connectivity index (χ2v) is 6.68. The first kappa shape index (κ1) is 16.8. The molecule has 1 atom stereocenters. The highest BCUT2D eigenvalue weighted by Gasteiger charge is 2.23. The van der Waals surface area contributed by atoms with Crippen LogP contribution in [-0.4, -0.2) is 54.1 Å². The molecule has 0 N–H and O–H groups in total. The molecule has 0 saturated carbocycles. The number of piperazine rings is 1. The monoisotopic (exact) mass is 350 g/mol. The van der Waals surface area contributed by atoms with Crippen LogP contribution in [0.1, 0.15) is 17.2 Å². The Labute approximate surface area is 153 Å². The summed E-state index contributed by atoms with van der Waals surface area (Å²) in [5.41, 5.74) is 2.39. The van der Waals surface area contributed by atoms with Gasteiger partial charge in [0, 0.05) is 38.9 Å². The highest BCUT2D eigenvalue weighted by molar-refractivity contribution is 5.35. The zero-order valence-corrected chi connectivity index (χ0v) is 14.7. The van der Waals surface area contributed by atoms with Gasteiger partial charge in [0.05, 0.1) is 12.6 Å². The molecule has 2 aliphatic rings. The van der Waals surface area contributed by atoms with Gasteiger partial charge in [0.2, 0.25) is 0 Å². The number of nitriles is 1. The molecule has 0 radical (unpaired) electrons. The first-order chi connectivity index (χ1) is 12.8. The molecule has 1 unspecified atom stereocenters. The van der Waals surface area contributed by atoms with Crippen LogP contribution >= 0.6 is 0 Å². The first-order valence-corrected chi connectivity index (χ1v) is 8.97. The summed E-state index contributed by atoms with van der Waals surface area (Å²) < 4.78 is 11.7. The third-order valence-corrected chi connectivity index (χ3v) is 4.90. The third kappa shape index (κ3) is 3.79. The molecule has 0 bridgehead atoms. The van der Waals surface area contributed by atoms with Crippen molar-refractivity contribution in [3.05, 3.63) is 53.7 Å². The molecule has 0 aliphatic carbocycles. The van der Waals surface area contributed by atoms with Crippen LogP contribution in [0.4, 0.5) is 0 Å². The van der Waals surface area contributed by atoms with E-state index < -0.39 is 0 Å². The van der Waals surface area contributed by atoms with Crippen molar-refractivity contribution in [3.63, 3.8) is 0 Å². The lowest BCUT2D eigenvalue weighted by molar-refractivity contribution is 0.0850. The van der Waals surface area contributed by atoms with E-state index in [-0.39, 0.29) is 6.10 Å². The Balaban J connectivity index is 1.34. The number of fused-ring (bicyclic) bond motifs is 1. The Morgan fingerprint density at radius 3 is 2.62 bits per heavy atom. The molecule has 6 nitrogen and oxygen atoms in total. The van der Waals surface area contributed by atoms with Crippen molar-refractivity contribution in [3.8, 4) is 17.7 Å². The van der Waals surface area contributed by atoms with Gasteiger partial charge < -0.3 is 9.47 Å². The van der Waals surface area contributed by atoms with Crippen LogP contribution in [0.2, 0.25) is 0 Å². The fraction of sp³-hybridized carbons (Fsp3) is 0.400. The molecular formula is C20H22N4O2. The van der Waals surface area contributed by atoms with E-state index in [1.165, 1.54) is 5.56 Å². The van der Waals surface area contributed by atoms with Crippen LogP contribution in [0.25, 0.3) is 0 Å². The lowest BCUT2D eigenvalue weighted by Gasteiger charge is -2.33. The smallest absolute Gasteiger partial charge is 0.257 e. The van der Waals surface area contributed by atoms with Gasteiger partial charge in [0.1, 0.15) is 6.61 Å². The van der Waals surface area contributed by atoms with E-state index in [2.05, 4.69) is 45.1 Å². The van der Waals surface area contributed by atoms with Crippen molar-refractivity contribution in [2.24, 2.45) is 0 Å². The maximum atomic E-state index is 8.78. The van der Waals surface area contributed by atoms with E-state index in [4.69, 9.17) is 14.7 Å². The summed E-state index contributed by atoms with van der Waals surface area (Å²) in [5.74, 6) is 1.26. The normalized spacial score (nSPS) is 20.5. The minimum Gasteiger partial charge on any atom is -0.484 e. The summed E-state index contributed by atoms with van der Waals surface area (Å²) >= 11 is 0. The third-order valence-electron chi connectivity index (χ3n) is 4.90. The van der Waals surface area contributed by atoms with Crippen LogP contribution in [-0.2, 0) is 6.54 Å². The molecule has 3 heterocycles. The summed E-state index contributed by atoms with van der Waals surface area (Å²) in [7, 11) is 0. The topological polar surface area (TPSA) is 61.6 Å². The zero-order valence-electron chi connectivity index (χ0n) is 14.7. The number of hydrogen-bond acceptors (Lipinski definition) is 6. The fourth-order valence-corrected chi connectivity index (χ4v) is 3.37. The van der Waals surface area contributed by atoms with Crippen LogP contribution < -0.4 is 9.47 Å². The molecule has 134 valence electrons. The molecule has 6 heteroatoms. The molecule has 1 aromatic heterocycles. The number of aromatic nitrogens is 1. The number of benzene rings is 1. The quantitative estimate of drug-likeness (QED) is 0.788. The van der Waals surface area contributed by atoms with Crippen molar-refractivity contribution < 1.29 is 9.47 Å². The summed E-state index contributed by atoms with van der Waals surface area (Å²) in [5, 5.41) is 8.78. The van der Waals surface area contributed by atoms with Gasteiger partial charge in [-0.25, -0.2) is 4.98 Å². The number of pyridine rings is 1. The van der Waals surface area contributed by atoms with Gasteiger partial charge in [0.15, 0.2) is 11.9 Å². The molecule has 1 fully saturated rings. The Morgan fingerprint density at radius 1 is 1.08 bits per heavy atom. The van der Waals surface area contributed by atoms with E-state index in [1.807, 2.05) is 12.1 Å². The predicted molar refractivity (Wildman–Crippen MR) is 96.9 cm³/mol. The highest BCUT2D eigenvalue weighted by atomic mass is 16.6. The van der Waals surface area contributed by atoms with E-state index >= 15 is 0 Å². The summed E-state index contributed by atoms with van der Waals surface area (Å²) in [6.07, 6.45) is 1.59. The van der Waals surface area contributed by atoms with Crippen molar-refractivity contribution in [1.29, 1.82) is 5.26 Å². The van der Waals surface area contributed by atoms with Crippen LogP contribution in [0.5, 0.6) is 11.6 Å². The molecule has 0 amide bonds. The van der Waals surface area contributed by atoms with Gasteiger partial charge in [0.25, 0.3) is 5.88 Å². The van der Waals surface area contributed by atoms with Gasteiger partial charge in [-0.2, -0.15) is 5.26 Å². The van der Waals surface area contributed by atoms with Gasteiger partial charge >= 0.3 is 0 Å². The highest BCUT2D eigenvalue weighted by Crippen LogP contribution is 2.33. The minimum atomic E-state index is -0.124. The van der Waals surface area contributed by atoms with Gasteiger partial charge in [-0.3, -0.25) is 9.80 Å². The molecule has 2 aromatic rings. The Hall–Kier alpha value is -2.62. The molecule has 1 aromatic carbocycles. The summed E-state index contributed by atoms with van der Waals surface area (Å²) in [6.45, 7) is 5.91. The second kappa shape index (κ2) is 7.73. The average Bonchev–Trinajstić information content (AvgIpc) is 2.70. The van der Waals surface area contributed by atoms with E-state index in [1.54, 1.807) is 6.20 Å². The fourth-order valence-electron chi connectivity index (χ4n) is 3.37. The van der Waals surface area contributed by atoms with Gasteiger partial charge in [-0.15, -0.1) is 0 Å². The molecule has 1 saturated heterocycles. The number of ether oxygens (including phenoxy) is 2. The molecule has 2 aliphatic heterocycles. The average molecular weight is 350 g/mol. The lowest BCUT2D eigenvalue weighted by atomic mass is 10.1. The van der Waals surface area contributed by atoms with Crippen molar-refractivity contribution in [1.82, 2.24) is 14.8 Å². The molecular weight excluding hydrogens is 328 g/mol. The van der Waals surface area contributed by atoms with Crippen molar-refractivity contribution in [2.45, 2.75) is 12.6 Å². The van der Waals surface area contributed by atoms with Crippen LogP contribution in [0, 0.1) is 11.3 Å². The number of nitrogens with zero attached hydrogens (tertiary/aromatic N) is 4. The van der Waals surface area contributed by atoms with E-state index in [0.29, 0.717) is 24.8 Å². The van der Waals surface area contributed by atoms with E-state index in [9.17, 15) is 0 Å². The standard InChI is InChI=1S/C20H22N4O2/c21-7-9-23-10-12-24(13-11-23)14-16-3-5-17(6-4-16)19-15-25-18-2-1-8-22-20(18)26-19/h1-6,8,19H,9-15H2. The van der Waals surface area contributed by atoms with Crippen molar-refractivity contribution in [2.75, 3.05) is 39.3 Å². The largest absolute Gasteiger partial charge is 0.484 e. The molecule has 0 spiro atoms. The Bertz CT molecular complexity index is 779. The van der Waals surface area contributed by atoms with Crippen LogP contribution in [0.15, 0.2) is 42.6 Å². The zero-order chi connectivity index (χ0) is 17.8. The summed E-state index contributed by atoms with van der Waals surface area (Å²) in [4.78, 5) is 8.87. The van der Waals surface area contributed by atoms with Gasteiger partial charge in [-0.1, -0.05) is 24.3 Å². The minimum absolute atomic E-state index is 0.124.